The average molecular weight is 327 g/mol. The van der Waals surface area contributed by atoms with E-state index in [1.54, 1.807) is 36.5 Å². The molecule has 0 bridgehead atoms. The Balaban J connectivity index is 2.37. The van der Waals surface area contributed by atoms with Crippen molar-refractivity contribution < 1.29 is 9.53 Å². The normalized spacial score (nSPS) is 10.2. The maximum absolute atomic E-state index is 11.4. The molecule has 0 saturated heterocycles. The van der Waals surface area contributed by atoms with Crippen molar-refractivity contribution in [1.29, 1.82) is 0 Å². The van der Waals surface area contributed by atoms with Crippen molar-refractivity contribution >= 4 is 33.3 Å². The fraction of sp³-hybridized carbons (Fsp3) is 0.0769. The summed E-state index contributed by atoms with van der Waals surface area (Å²) in [6.45, 7) is 1.47. The van der Waals surface area contributed by atoms with E-state index in [0.717, 1.165) is 0 Å². The predicted octanol–water partition coefficient (Wildman–Crippen LogP) is 4.49. The molecule has 5 heteroatoms. The van der Waals surface area contributed by atoms with E-state index < -0.39 is 0 Å². The number of halogens is 2. The summed E-state index contributed by atoms with van der Waals surface area (Å²) in [6.07, 6.45) is 1.57. The molecule has 0 N–H and O–H groups in total. The molecule has 1 aromatic carbocycles. The van der Waals surface area contributed by atoms with E-state index in [0.29, 0.717) is 20.8 Å². The zero-order chi connectivity index (χ0) is 13.1. The van der Waals surface area contributed by atoms with Gasteiger partial charge in [-0.3, -0.25) is 4.79 Å². The Morgan fingerprint density at radius 1 is 1.39 bits per heavy atom. The first-order valence-corrected chi connectivity index (χ1v) is 6.34. The molecule has 2 rings (SSSR count). The van der Waals surface area contributed by atoms with E-state index >= 15 is 0 Å². The molecule has 1 aromatic heterocycles. The van der Waals surface area contributed by atoms with Gasteiger partial charge in [-0.25, -0.2) is 4.98 Å². The molecule has 0 fully saturated rings. The van der Waals surface area contributed by atoms with Crippen molar-refractivity contribution in [3.8, 4) is 11.6 Å². The molecule has 0 amide bonds. The van der Waals surface area contributed by atoms with Crippen LogP contribution >= 0.6 is 27.5 Å². The fourth-order valence-corrected chi connectivity index (χ4v) is 2.17. The van der Waals surface area contributed by atoms with Crippen molar-refractivity contribution in [2.45, 2.75) is 6.92 Å². The minimum absolute atomic E-state index is 0.0943. The lowest BCUT2D eigenvalue weighted by Gasteiger charge is -2.09. The molecule has 0 atom stereocenters. The summed E-state index contributed by atoms with van der Waals surface area (Å²) in [6, 6.07) is 8.51. The average Bonchev–Trinajstić information content (AvgIpc) is 2.33. The standard InChI is InChI=1S/C13H9BrClNO2/c1-8(17)10-3-2-6-16-13(10)18-12-5-4-9(15)7-11(12)14/h2-7H,1H3. The molecule has 0 aliphatic heterocycles. The van der Waals surface area contributed by atoms with E-state index in [2.05, 4.69) is 20.9 Å². The third-order valence-electron chi connectivity index (χ3n) is 2.25. The number of nitrogens with zero attached hydrogens (tertiary/aromatic N) is 1. The zero-order valence-corrected chi connectivity index (χ0v) is 11.8. The smallest absolute Gasteiger partial charge is 0.230 e. The molecule has 92 valence electrons. The molecule has 0 saturated carbocycles. The summed E-state index contributed by atoms with van der Waals surface area (Å²) >= 11 is 9.19. The highest BCUT2D eigenvalue weighted by Gasteiger charge is 2.11. The topological polar surface area (TPSA) is 39.2 Å². The Kier molecular flexibility index (Phi) is 3.99. The maximum atomic E-state index is 11.4. The Morgan fingerprint density at radius 3 is 2.83 bits per heavy atom. The van der Waals surface area contributed by atoms with Gasteiger partial charge in [0.05, 0.1) is 10.0 Å². The van der Waals surface area contributed by atoms with Crippen LogP contribution in [-0.2, 0) is 0 Å². The number of hydrogen-bond acceptors (Lipinski definition) is 3. The Morgan fingerprint density at radius 2 is 2.17 bits per heavy atom. The number of hydrogen-bond donors (Lipinski definition) is 0. The lowest BCUT2D eigenvalue weighted by atomic mass is 10.2. The first-order valence-electron chi connectivity index (χ1n) is 5.17. The molecule has 2 aromatic rings. The molecule has 0 aliphatic carbocycles. The molecule has 3 nitrogen and oxygen atoms in total. The summed E-state index contributed by atoms with van der Waals surface area (Å²) in [4.78, 5) is 15.5. The van der Waals surface area contributed by atoms with Crippen molar-refractivity contribution in [2.75, 3.05) is 0 Å². The number of Topliss-reactive ketones (excluding diaryl/α,β-unsaturated/α-hetero) is 1. The van der Waals surface area contributed by atoms with Crippen LogP contribution in [0.1, 0.15) is 17.3 Å². The summed E-state index contributed by atoms with van der Waals surface area (Å²) < 4.78 is 6.32. The molecule has 0 unspecified atom stereocenters. The van der Waals surface area contributed by atoms with Crippen molar-refractivity contribution in [3.05, 3.63) is 51.6 Å². The molecule has 0 radical (unpaired) electrons. The van der Waals surface area contributed by atoms with E-state index in [4.69, 9.17) is 16.3 Å². The van der Waals surface area contributed by atoms with Crippen molar-refractivity contribution in [3.63, 3.8) is 0 Å². The lowest BCUT2D eigenvalue weighted by Crippen LogP contribution is -1.99. The molecular weight excluding hydrogens is 318 g/mol. The van der Waals surface area contributed by atoms with Gasteiger partial charge in [-0.1, -0.05) is 11.6 Å². The summed E-state index contributed by atoms with van der Waals surface area (Å²) in [5, 5.41) is 0.599. The third kappa shape index (κ3) is 2.89. The quantitative estimate of drug-likeness (QED) is 0.780. The van der Waals surface area contributed by atoms with Crippen LogP contribution in [0.15, 0.2) is 41.0 Å². The van der Waals surface area contributed by atoms with Crippen LogP contribution in [0.5, 0.6) is 11.6 Å². The molecule has 1 heterocycles. The van der Waals surface area contributed by atoms with Gasteiger partial charge >= 0.3 is 0 Å². The van der Waals surface area contributed by atoms with Crippen LogP contribution < -0.4 is 4.74 Å². The lowest BCUT2D eigenvalue weighted by molar-refractivity contribution is 0.101. The number of benzene rings is 1. The monoisotopic (exact) mass is 325 g/mol. The second kappa shape index (κ2) is 5.50. The highest BCUT2D eigenvalue weighted by molar-refractivity contribution is 9.10. The van der Waals surface area contributed by atoms with Gasteiger partial charge in [0.25, 0.3) is 0 Å². The zero-order valence-electron chi connectivity index (χ0n) is 9.48. The third-order valence-corrected chi connectivity index (χ3v) is 3.11. The van der Waals surface area contributed by atoms with Crippen LogP contribution in [0.4, 0.5) is 0 Å². The number of carbonyl (C=O) groups excluding carboxylic acids is 1. The number of pyridine rings is 1. The van der Waals surface area contributed by atoms with Crippen LogP contribution in [0.2, 0.25) is 5.02 Å². The Hall–Kier alpha value is -1.39. The SMILES string of the molecule is CC(=O)c1cccnc1Oc1ccc(Cl)cc1Br. The van der Waals surface area contributed by atoms with Crippen LogP contribution in [0.25, 0.3) is 0 Å². The van der Waals surface area contributed by atoms with Gasteiger partial charge in [0.2, 0.25) is 5.88 Å². The van der Waals surface area contributed by atoms with Crippen LogP contribution in [0.3, 0.4) is 0 Å². The van der Waals surface area contributed by atoms with Gasteiger partial charge in [0.15, 0.2) is 5.78 Å². The minimum atomic E-state index is -0.0943. The largest absolute Gasteiger partial charge is 0.437 e. The Labute approximate surface area is 118 Å². The van der Waals surface area contributed by atoms with E-state index in [1.165, 1.54) is 6.92 Å². The van der Waals surface area contributed by atoms with Crippen molar-refractivity contribution in [2.24, 2.45) is 0 Å². The second-order valence-electron chi connectivity index (χ2n) is 3.59. The number of rotatable bonds is 3. The Bertz CT molecular complexity index is 601. The highest BCUT2D eigenvalue weighted by atomic mass is 79.9. The number of ether oxygens (including phenoxy) is 1. The molecular formula is C13H9BrClNO2. The number of aromatic nitrogens is 1. The van der Waals surface area contributed by atoms with Gasteiger partial charge in [0.1, 0.15) is 5.75 Å². The fourth-order valence-electron chi connectivity index (χ4n) is 1.40. The number of ketones is 1. The summed E-state index contributed by atoms with van der Waals surface area (Å²) in [5.74, 6) is 0.747. The number of carbonyl (C=O) groups is 1. The maximum Gasteiger partial charge on any atom is 0.230 e. The van der Waals surface area contributed by atoms with E-state index in [9.17, 15) is 4.79 Å². The second-order valence-corrected chi connectivity index (χ2v) is 4.88. The van der Waals surface area contributed by atoms with Gasteiger partial charge in [-0.05, 0) is 53.2 Å². The minimum Gasteiger partial charge on any atom is -0.437 e. The highest BCUT2D eigenvalue weighted by Crippen LogP contribution is 2.32. The van der Waals surface area contributed by atoms with Gasteiger partial charge < -0.3 is 4.74 Å². The van der Waals surface area contributed by atoms with Crippen LogP contribution in [0, 0.1) is 0 Å². The van der Waals surface area contributed by atoms with Crippen LogP contribution in [-0.4, -0.2) is 10.8 Å². The van der Waals surface area contributed by atoms with Crippen molar-refractivity contribution in [1.82, 2.24) is 4.98 Å². The predicted molar refractivity (Wildman–Crippen MR) is 73.5 cm³/mol. The first kappa shape index (κ1) is 13.1. The van der Waals surface area contributed by atoms with Gasteiger partial charge in [0, 0.05) is 11.2 Å². The molecule has 0 spiro atoms. The summed E-state index contributed by atoms with van der Waals surface area (Å²) in [5.41, 5.74) is 0.444. The first-order chi connectivity index (χ1) is 8.58. The molecule has 18 heavy (non-hydrogen) atoms. The molecule has 0 aliphatic rings. The summed E-state index contributed by atoms with van der Waals surface area (Å²) in [7, 11) is 0. The van der Waals surface area contributed by atoms with Gasteiger partial charge in [-0.15, -0.1) is 0 Å². The van der Waals surface area contributed by atoms with Gasteiger partial charge in [-0.2, -0.15) is 0 Å². The van der Waals surface area contributed by atoms with E-state index in [1.807, 2.05) is 0 Å². The van der Waals surface area contributed by atoms with E-state index in [-0.39, 0.29) is 11.7 Å².